The number of hydrogen-bond donors (Lipinski definition) is 1. The van der Waals surface area contributed by atoms with Crippen molar-refractivity contribution >= 4 is 5.69 Å². The summed E-state index contributed by atoms with van der Waals surface area (Å²) in [4.78, 5) is 1.93. The van der Waals surface area contributed by atoms with Crippen molar-refractivity contribution in [1.29, 1.82) is 0 Å². The summed E-state index contributed by atoms with van der Waals surface area (Å²) in [6, 6.07) is 7.66. The van der Waals surface area contributed by atoms with Crippen molar-refractivity contribution in [1.82, 2.24) is 4.90 Å². The van der Waals surface area contributed by atoms with Gasteiger partial charge in [-0.3, -0.25) is 0 Å². The van der Waals surface area contributed by atoms with Crippen molar-refractivity contribution in [2.45, 2.75) is 31.9 Å². The monoisotopic (exact) mass is 286 g/mol. The van der Waals surface area contributed by atoms with Crippen LogP contribution in [-0.2, 0) is 6.42 Å². The number of hydrogen-bond acceptors (Lipinski definition) is 2. The van der Waals surface area contributed by atoms with Crippen molar-refractivity contribution in [3.63, 3.8) is 0 Å². The second-order valence-corrected chi connectivity index (χ2v) is 5.48. The number of nitrogen functional groups attached to an aromatic ring is 1. The maximum atomic E-state index is 12.7. The fraction of sp³-hybridized carbons (Fsp3) is 0.600. The molecule has 0 radical (unpaired) electrons. The van der Waals surface area contributed by atoms with Gasteiger partial charge >= 0.3 is 6.18 Å². The lowest BCUT2D eigenvalue weighted by atomic mass is 9.97. The van der Waals surface area contributed by atoms with Crippen LogP contribution < -0.4 is 5.73 Å². The van der Waals surface area contributed by atoms with E-state index < -0.39 is 12.1 Å². The fourth-order valence-electron chi connectivity index (χ4n) is 2.78. The molecule has 0 amide bonds. The van der Waals surface area contributed by atoms with Crippen molar-refractivity contribution in [3.05, 3.63) is 29.8 Å². The van der Waals surface area contributed by atoms with Gasteiger partial charge in [0.2, 0.25) is 0 Å². The van der Waals surface area contributed by atoms with Crippen molar-refractivity contribution in [2.75, 3.05) is 25.4 Å². The molecular formula is C15H21F3N2. The third-order valence-corrected chi connectivity index (χ3v) is 3.94. The molecule has 0 aromatic heterocycles. The van der Waals surface area contributed by atoms with E-state index in [0.29, 0.717) is 13.0 Å². The second kappa shape index (κ2) is 6.48. The van der Waals surface area contributed by atoms with E-state index in [4.69, 9.17) is 5.73 Å². The van der Waals surface area contributed by atoms with E-state index in [1.54, 1.807) is 0 Å². The number of alkyl halides is 3. The summed E-state index contributed by atoms with van der Waals surface area (Å²) in [7, 11) is 0. The number of aryl methyl sites for hydroxylation is 1. The maximum Gasteiger partial charge on any atom is 0.393 e. The Balaban J connectivity index is 1.78. The molecule has 2 nitrogen and oxygen atoms in total. The molecule has 112 valence electrons. The lowest BCUT2D eigenvalue weighted by Crippen LogP contribution is -2.42. The van der Waals surface area contributed by atoms with E-state index in [0.717, 1.165) is 30.6 Å². The standard InChI is InChI=1S/C15H21F3N2/c16-15(17,18)13-7-4-10-20(11-13)9-3-6-12-5-1-2-8-14(12)19/h1-2,5,8,13H,3-4,6-7,9-11,19H2. The summed E-state index contributed by atoms with van der Waals surface area (Å²) < 4.78 is 38.1. The molecule has 0 saturated carbocycles. The summed E-state index contributed by atoms with van der Waals surface area (Å²) in [6.45, 7) is 1.63. The van der Waals surface area contributed by atoms with E-state index >= 15 is 0 Å². The Morgan fingerprint density at radius 1 is 1.25 bits per heavy atom. The number of piperidine rings is 1. The van der Waals surface area contributed by atoms with Gasteiger partial charge < -0.3 is 10.6 Å². The smallest absolute Gasteiger partial charge is 0.393 e. The van der Waals surface area contributed by atoms with Gasteiger partial charge in [0.15, 0.2) is 0 Å². The highest BCUT2D eigenvalue weighted by Gasteiger charge is 2.41. The zero-order valence-electron chi connectivity index (χ0n) is 11.5. The number of likely N-dealkylation sites (tertiary alicyclic amines) is 1. The van der Waals surface area contributed by atoms with E-state index in [9.17, 15) is 13.2 Å². The summed E-state index contributed by atoms with van der Waals surface area (Å²) in [5.74, 6) is -1.15. The predicted octanol–water partition coefficient (Wildman–Crippen LogP) is 3.48. The molecule has 0 spiro atoms. The average molecular weight is 286 g/mol. The van der Waals surface area contributed by atoms with Crippen LogP contribution in [0.25, 0.3) is 0 Å². The quantitative estimate of drug-likeness (QED) is 0.859. The lowest BCUT2D eigenvalue weighted by Gasteiger charge is -2.33. The number of rotatable bonds is 4. The van der Waals surface area contributed by atoms with Crippen molar-refractivity contribution < 1.29 is 13.2 Å². The van der Waals surface area contributed by atoms with Gasteiger partial charge in [0.1, 0.15) is 0 Å². The molecule has 1 fully saturated rings. The van der Waals surface area contributed by atoms with Gasteiger partial charge in [-0.15, -0.1) is 0 Å². The Morgan fingerprint density at radius 3 is 2.70 bits per heavy atom. The van der Waals surface area contributed by atoms with E-state index in [1.807, 2.05) is 29.2 Å². The normalized spacial score (nSPS) is 21.1. The van der Waals surface area contributed by atoms with Gasteiger partial charge in [0, 0.05) is 12.2 Å². The highest BCUT2D eigenvalue weighted by Crippen LogP contribution is 2.33. The van der Waals surface area contributed by atoms with Gasteiger partial charge in [0.25, 0.3) is 0 Å². The Hall–Kier alpha value is -1.23. The topological polar surface area (TPSA) is 29.3 Å². The van der Waals surface area contributed by atoms with Crippen molar-refractivity contribution in [3.8, 4) is 0 Å². The number of benzene rings is 1. The highest BCUT2D eigenvalue weighted by atomic mass is 19.4. The highest BCUT2D eigenvalue weighted by molar-refractivity contribution is 5.46. The fourth-order valence-corrected chi connectivity index (χ4v) is 2.78. The molecule has 0 aliphatic carbocycles. The molecule has 2 N–H and O–H groups in total. The van der Waals surface area contributed by atoms with Crippen LogP contribution in [0.1, 0.15) is 24.8 Å². The molecular weight excluding hydrogens is 265 g/mol. The van der Waals surface area contributed by atoms with Gasteiger partial charge in [-0.1, -0.05) is 18.2 Å². The van der Waals surface area contributed by atoms with Gasteiger partial charge in [-0.05, 0) is 50.4 Å². The molecule has 1 aromatic carbocycles. The molecule has 20 heavy (non-hydrogen) atoms. The summed E-state index contributed by atoms with van der Waals surface area (Å²) in [6.07, 6.45) is -1.48. The van der Waals surface area contributed by atoms with Crippen LogP contribution in [0.4, 0.5) is 18.9 Å². The number of anilines is 1. The summed E-state index contributed by atoms with van der Waals surface area (Å²) in [5.41, 5.74) is 7.70. The van der Waals surface area contributed by atoms with Gasteiger partial charge in [0.05, 0.1) is 5.92 Å². The Labute approximate surface area is 117 Å². The summed E-state index contributed by atoms with van der Waals surface area (Å²) in [5, 5.41) is 0. The minimum Gasteiger partial charge on any atom is -0.399 e. The van der Waals surface area contributed by atoms with Gasteiger partial charge in [-0.25, -0.2) is 0 Å². The van der Waals surface area contributed by atoms with Crippen LogP contribution in [0.3, 0.4) is 0 Å². The van der Waals surface area contributed by atoms with Crippen LogP contribution >= 0.6 is 0 Å². The Morgan fingerprint density at radius 2 is 2.00 bits per heavy atom. The third kappa shape index (κ3) is 4.13. The molecule has 1 atom stereocenters. The van der Waals surface area contributed by atoms with Crippen LogP contribution in [0.5, 0.6) is 0 Å². The molecule has 1 unspecified atom stereocenters. The molecule has 1 aliphatic heterocycles. The molecule has 1 aliphatic rings. The third-order valence-electron chi connectivity index (χ3n) is 3.94. The Bertz CT molecular complexity index is 431. The first-order valence-electron chi connectivity index (χ1n) is 7.09. The second-order valence-electron chi connectivity index (χ2n) is 5.48. The molecule has 0 bridgehead atoms. The van der Waals surface area contributed by atoms with Crippen LogP contribution in [-0.4, -0.2) is 30.7 Å². The molecule has 2 rings (SSSR count). The molecule has 5 heteroatoms. The number of nitrogens with two attached hydrogens (primary N) is 1. The molecule has 1 aromatic rings. The first-order chi connectivity index (χ1) is 9.47. The molecule has 1 heterocycles. The first-order valence-corrected chi connectivity index (χ1v) is 7.09. The van der Waals surface area contributed by atoms with Crippen LogP contribution in [0.15, 0.2) is 24.3 Å². The number of para-hydroxylation sites is 1. The maximum absolute atomic E-state index is 12.7. The predicted molar refractivity (Wildman–Crippen MR) is 74.4 cm³/mol. The van der Waals surface area contributed by atoms with Crippen LogP contribution in [0.2, 0.25) is 0 Å². The minimum atomic E-state index is -4.05. The zero-order chi connectivity index (χ0) is 14.6. The van der Waals surface area contributed by atoms with E-state index in [-0.39, 0.29) is 13.0 Å². The lowest BCUT2D eigenvalue weighted by molar-refractivity contribution is -0.186. The average Bonchev–Trinajstić information content (AvgIpc) is 2.40. The molecule has 1 saturated heterocycles. The summed E-state index contributed by atoms with van der Waals surface area (Å²) >= 11 is 0. The Kier molecular flexibility index (Phi) is 4.91. The van der Waals surface area contributed by atoms with Crippen molar-refractivity contribution in [2.24, 2.45) is 5.92 Å². The number of halogens is 3. The minimum absolute atomic E-state index is 0.147. The SMILES string of the molecule is Nc1ccccc1CCCN1CCCC(C(F)(F)F)C1. The van der Waals surface area contributed by atoms with Crippen LogP contribution in [0, 0.1) is 5.92 Å². The first kappa shape index (κ1) is 15.2. The largest absolute Gasteiger partial charge is 0.399 e. The van der Waals surface area contributed by atoms with E-state index in [1.165, 1.54) is 0 Å². The van der Waals surface area contributed by atoms with E-state index in [2.05, 4.69) is 0 Å². The van der Waals surface area contributed by atoms with Gasteiger partial charge in [-0.2, -0.15) is 13.2 Å². The zero-order valence-corrected chi connectivity index (χ0v) is 11.5. The number of nitrogens with zero attached hydrogens (tertiary/aromatic N) is 1.